The predicted molar refractivity (Wildman–Crippen MR) is 146 cm³/mol. The molecule has 0 radical (unpaired) electrons. The molecule has 2 saturated heterocycles. The van der Waals surface area contributed by atoms with Crippen LogP contribution in [0.15, 0.2) is 78.4 Å². The van der Waals surface area contributed by atoms with Crippen LogP contribution in [0.2, 0.25) is 0 Å². The number of halogens is 1. The number of nitrogens with one attached hydrogen (secondary N) is 1. The second kappa shape index (κ2) is 12.4. The van der Waals surface area contributed by atoms with Crippen LogP contribution in [0.25, 0.3) is 5.76 Å². The highest BCUT2D eigenvalue weighted by Gasteiger charge is 2.44. The summed E-state index contributed by atoms with van der Waals surface area (Å²) < 4.78 is 25.1. The summed E-state index contributed by atoms with van der Waals surface area (Å²) in [4.78, 5) is 29.3. The molecule has 1 atom stereocenters. The van der Waals surface area contributed by atoms with Crippen molar-refractivity contribution in [3.8, 4) is 5.75 Å². The van der Waals surface area contributed by atoms with E-state index in [2.05, 4.69) is 0 Å². The van der Waals surface area contributed by atoms with E-state index in [1.54, 1.807) is 18.2 Å². The number of hydrogen-bond acceptors (Lipinski definition) is 5. The molecule has 0 aromatic heterocycles. The maximum absolute atomic E-state index is 13.8. The Morgan fingerprint density at radius 3 is 2.48 bits per heavy atom. The van der Waals surface area contributed by atoms with Crippen molar-refractivity contribution in [1.82, 2.24) is 4.90 Å². The van der Waals surface area contributed by atoms with Gasteiger partial charge in [0.2, 0.25) is 5.78 Å². The summed E-state index contributed by atoms with van der Waals surface area (Å²) in [5, 5.41) is 13.8. The van der Waals surface area contributed by atoms with E-state index in [4.69, 9.17) is 9.47 Å². The molecule has 7 nitrogen and oxygen atoms in total. The Hall–Kier alpha value is -4.01. The van der Waals surface area contributed by atoms with E-state index in [1.165, 1.54) is 34.1 Å². The van der Waals surface area contributed by atoms with Crippen LogP contribution in [0.3, 0.4) is 0 Å². The number of nitrogens with zero attached hydrogens (tertiary/aromatic N) is 1. The van der Waals surface area contributed by atoms with Crippen molar-refractivity contribution in [1.29, 1.82) is 0 Å². The number of quaternary nitrogens is 1. The number of morpholine rings is 1. The minimum absolute atomic E-state index is 0.104. The van der Waals surface area contributed by atoms with E-state index in [1.807, 2.05) is 37.3 Å². The maximum atomic E-state index is 13.8. The number of ketones is 1. The molecule has 5 rings (SSSR count). The molecule has 0 saturated carbocycles. The maximum Gasteiger partial charge on any atom is 0.295 e. The SMILES string of the molecule is Cc1cc(C([O-])=C2C(=O)C(=O)N(CCC[NH+]3CCOCC3)C2c2ccc(F)cc2)ccc1OCc1ccccc1. The minimum atomic E-state index is -0.873. The van der Waals surface area contributed by atoms with E-state index in [0.29, 0.717) is 49.7 Å². The third-order valence-corrected chi connectivity index (χ3v) is 7.52. The molecule has 0 spiro atoms. The van der Waals surface area contributed by atoms with Gasteiger partial charge < -0.3 is 24.4 Å². The van der Waals surface area contributed by atoms with E-state index in [-0.39, 0.29) is 5.57 Å². The summed E-state index contributed by atoms with van der Waals surface area (Å²) in [6.07, 6.45) is 0.667. The molecule has 40 heavy (non-hydrogen) atoms. The highest BCUT2D eigenvalue weighted by molar-refractivity contribution is 6.46. The van der Waals surface area contributed by atoms with Crippen molar-refractivity contribution >= 4 is 17.4 Å². The fraction of sp³-hybridized carbons (Fsp3) is 0.312. The monoisotopic (exact) mass is 544 g/mol. The topological polar surface area (TPSA) is 83.3 Å². The zero-order chi connectivity index (χ0) is 28.1. The molecule has 3 aromatic carbocycles. The molecule has 0 aliphatic carbocycles. The molecule has 1 amide bonds. The molecular formula is C32H33FN2O5. The lowest BCUT2D eigenvalue weighted by Crippen LogP contribution is -3.14. The van der Waals surface area contributed by atoms with Crippen molar-refractivity contribution in [2.75, 3.05) is 39.4 Å². The van der Waals surface area contributed by atoms with Gasteiger partial charge in [0.25, 0.3) is 5.91 Å². The van der Waals surface area contributed by atoms with Gasteiger partial charge in [0, 0.05) is 18.5 Å². The largest absolute Gasteiger partial charge is 0.872 e. The zero-order valence-electron chi connectivity index (χ0n) is 22.5. The lowest BCUT2D eigenvalue weighted by Gasteiger charge is -2.29. The lowest BCUT2D eigenvalue weighted by atomic mass is 9.94. The van der Waals surface area contributed by atoms with Crippen molar-refractivity contribution in [3.63, 3.8) is 0 Å². The van der Waals surface area contributed by atoms with Gasteiger partial charge in [-0.1, -0.05) is 54.3 Å². The van der Waals surface area contributed by atoms with Crippen LogP contribution in [-0.4, -0.2) is 56.0 Å². The van der Waals surface area contributed by atoms with Gasteiger partial charge in [0.15, 0.2) is 0 Å². The fourth-order valence-electron chi connectivity index (χ4n) is 5.35. The second-order valence-electron chi connectivity index (χ2n) is 10.2. The third kappa shape index (κ3) is 6.08. The van der Waals surface area contributed by atoms with Crippen molar-refractivity contribution < 1.29 is 33.5 Å². The van der Waals surface area contributed by atoms with Crippen molar-refractivity contribution in [2.45, 2.75) is 26.0 Å². The second-order valence-corrected chi connectivity index (χ2v) is 10.2. The molecule has 1 unspecified atom stereocenters. The summed E-state index contributed by atoms with van der Waals surface area (Å²) in [5.41, 5.74) is 2.48. The fourth-order valence-corrected chi connectivity index (χ4v) is 5.35. The van der Waals surface area contributed by atoms with Crippen molar-refractivity contribution in [3.05, 3.63) is 106 Å². The molecule has 2 heterocycles. The average Bonchev–Trinajstić information content (AvgIpc) is 3.22. The number of ether oxygens (including phenoxy) is 2. The first-order valence-corrected chi connectivity index (χ1v) is 13.6. The van der Waals surface area contributed by atoms with Gasteiger partial charge in [-0.3, -0.25) is 9.59 Å². The summed E-state index contributed by atoms with van der Waals surface area (Å²) >= 11 is 0. The number of carbonyl (C=O) groups is 2. The van der Waals surface area contributed by atoms with Crippen LogP contribution in [0, 0.1) is 12.7 Å². The lowest BCUT2D eigenvalue weighted by molar-refractivity contribution is -0.908. The Labute approximate surface area is 233 Å². The number of likely N-dealkylation sites (tertiary alicyclic amines) is 1. The Kier molecular flexibility index (Phi) is 8.57. The van der Waals surface area contributed by atoms with Crippen LogP contribution < -0.4 is 14.7 Å². The summed E-state index contributed by atoms with van der Waals surface area (Å²) in [6, 6.07) is 19.5. The molecule has 0 bridgehead atoms. The standard InChI is InChI=1S/C32H33FN2O5/c1-22-20-25(10-13-27(22)40-21-23-6-3-2-4-7-23)30(36)28-29(24-8-11-26(33)12-9-24)35(32(38)31(28)37)15-5-14-34-16-18-39-19-17-34/h2-4,6-13,20,29,36H,5,14-19,21H2,1H3. The van der Waals surface area contributed by atoms with Gasteiger partial charge in [0.05, 0.1) is 25.8 Å². The number of aryl methyl sites for hydroxylation is 1. The number of Topliss-reactive ketones (excluding diaryl/α,β-unsaturated/α-hetero) is 1. The molecular weight excluding hydrogens is 511 g/mol. The number of benzene rings is 3. The van der Waals surface area contributed by atoms with Crippen LogP contribution in [0.1, 0.15) is 34.7 Å². The average molecular weight is 545 g/mol. The molecule has 2 aliphatic rings. The molecule has 2 aliphatic heterocycles. The first-order valence-electron chi connectivity index (χ1n) is 13.6. The molecule has 8 heteroatoms. The normalized spacial score (nSPS) is 19.2. The Morgan fingerprint density at radius 1 is 1.05 bits per heavy atom. The van der Waals surface area contributed by atoms with Gasteiger partial charge >= 0.3 is 0 Å². The molecule has 208 valence electrons. The van der Waals surface area contributed by atoms with Gasteiger partial charge in [-0.05, 0) is 53.4 Å². The Bertz CT molecular complexity index is 1380. The molecule has 2 fully saturated rings. The minimum Gasteiger partial charge on any atom is -0.872 e. The number of amides is 1. The van der Waals surface area contributed by atoms with E-state index in [0.717, 1.165) is 30.8 Å². The van der Waals surface area contributed by atoms with Gasteiger partial charge in [0.1, 0.15) is 31.3 Å². The smallest absolute Gasteiger partial charge is 0.295 e. The zero-order valence-corrected chi connectivity index (χ0v) is 22.5. The highest BCUT2D eigenvalue weighted by Crippen LogP contribution is 2.39. The van der Waals surface area contributed by atoms with Crippen LogP contribution >= 0.6 is 0 Å². The summed E-state index contributed by atoms with van der Waals surface area (Å²) in [7, 11) is 0. The van der Waals surface area contributed by atoms with E-state index >= 15 is 0 Å². The van der Waals surface area contributed by atoms with Gasteiger partial charge in [-0.2, -0.15) is 0 Å². The first-order chi connectivity index (χ1) is 19.4. The van der Waals surface area contributed by atoms with Crippen LogP contribution in [-0.2, 0) is 20.9 Å². The summed E-state index contributed by atoms with van der Waals surface area (Å²) in [5.74, 6) is -1.82. The molecule has 1 N–H and O–H groups in total. The van der Waals surface area contributed by atoms with Gasteiger partial charge in [-0.15, -0.1) is 0 Å². The van der Waals surface area contributed by atoms with E-state index < -0.39 is 29.3 Å². The predicted octanol–water partition coefficient (Wildman–Crippen LogP) is 2.24. The number of rotatable bonds is 9. The van der Waals surface area contributed by atoms with Crippen LogP contribution in [0.5, 0.6) is 5.75 Å². The van der Waals surface area contributed by atoms with Crippen LogP contribution in [0.4, 0.5) is 4.39 Å². The quantitative estimate of drug-likeness (QED) is 0.254. The highest BCUT2D eigenvalue weighted by atomic mass is 19.1. The van der Waals surface area contributed by atoms with E-state index in [9.17, 15) is 19.1 Å². The Balaban J connectivity index is 1.41. The third-order valence-electron chi connectivity index (χ3n) is 7.52. The molecule has 3 aromatic rings. The first kappa shape index (κ1) is 27.6. The summed E-state index contributed by atoms with van der Waals surface area (Å²) in [6.45, 7) is 6.56. The number of carbonyl (C=O) groups excluding carboxylic acids is 2. The van der Waals surface area contributed by atoms with Crippen molar-refractivity contribution in [2.24, 2.45) is 0 Å². The van der Waals surface area contributed by atoms with Gasteiger partial charge in [-0.25, -0.2) is 4.39 Å². The number of hydrogen-bond donors (Lipinski definition) is 1. The Morgan fingerprint density at radius 2 is 1.77 bits per heavy atom.